The first-order valence-corrected chi connectivity index (χ1v) is 8.19. The third kappa shape index (κ3) is 4.74. The molecule has 2 unspecified atom stereocenters. The molecule has 0 saturated heterocycles. The molecule has 26 heavy (non-hydrogen) atoms. The van der Waals surface area contributed by atoms with E-state index in [9.17, 15) is 18.7 Å². The minimum absolute atomic E-state index is 0.173. The second-order valence-electron chi connectivity index (χ2n) is 6.04. The molecule has 0 aliphatic rings. The minimum atomic E-state index is -0.897. The Morgan fingerprint density at radius 1 is 1.00 bits per heavy atom. The van der Waals surface area contributed by atoms with Crippen LogP contribution in [-0.4, -0.2) is 30.2 Å². The second-order valence-corrected chi connectivity index (χ2v) is 6.04. The van der Waals surface area contributed by atoms with Crippen molar-refractivity contribution >= 4 is 5.91 Å². The number of aliphatic hydroxyl groups excluding tert-OH is 1. The van der Waals surface area contributed by atoms with Gasteiger partial charge in [0.15, 0.2) is 0 Å². The maximum Gasteiger partial charge on any atom is 0.242 e. The number of nitrogens with one attached hydrogen (secondary N) is 2. The van der Waals surface area contributed by atoms with Gasteiger partial charge in [0, 0.05) is 11.6 Å². The standard InChI is InChI=1S/C20H22F2N2O2/c1-12(13(2)25)24-20(26)19(23-3)18(14-4-8-16(21)9-5-14)15-6-10-17(22)11-7-15/h4-11,13,18-19,23,25H,1H2,2-3H3,(H,24,26). The molecule has 0 aliphatic heterocycles. The summed E-state index contributed by atoms with van der Waals surface area (Å²) in [5.41, 5.74) is 1.55. The zero-order valence-electron chi connectivity index (χ0n) is 14.7. The molecule has 6 heteroatoms. The van der Waals surface area contributed by atoms with Gasteiger partial charge in [-0.05, 0) is 49.4 Å². The predicted molar refractivity (Wildman–Crippen MR) is 96.5 cm³/mol. The topological polar surface area (TPSA) is 61.4 Å². The Morgan fingerprint density at radius 3 is 1.77 bits per heavy atom. The maximum atomic E-state index is 13.3. The van der Waals surface area contributed by atoms with Crippen LogP contribution in [0.4, 0.5) is 8.78 Å². The van der Waals surface area contributed by atoms with Gasteiger partial charge in [0.1, 0.15) is 11.6 Å². The molecule has 138 valence electrons. The van der Waals surface area contributed by atoms with Crippen molar-refractivity contribution in [1.82, 2.24) is 10.6 Å². The molecule has 4 nitrogen and oxygen atoms in total. The van der Waals surface area contributed by atoms with E-state index in [-0.39, 0.29) is 17.3 Å². The summed E-state index contributed by atoms with van der Waals surface area (Å²) in [6.45, 7) is 5.12. The van der Waals surface area contributed by atoms with E-state index in [1.165, 1.54) is 31.2 Å². The van der Waals surface area contributed by atoms with Crippen LogP contribution in [0.3, 0.4) is 0 Å². The van der Waals surface area contributed by atoms with E-state index >= 15 is 0 Å². The molecule has 0 fully saturated rings. The van der Waals surface area contributed by atoms with Gasteiger partial charge < -0.3 is 15.7 Å². The SMILES string of the molecule is C=C(NC(=O)C(NC)C(c1ccc(F)cc1)c1ccc(F)cc1)C(C)O. The molecule has 0 heterocycles. The Hall–Kier alpha value is -2.57. The Morgan fingerprint density at radius 2 is 1.42 bits per heavy atom. The van der Waals surface area contributed by atoms with Gasteiger partial charge in [-0.1, -0.05) is 30.8 Å². The molecule has 2 rings (SSSR count). The van der Waals surface area contributed by atoms with Crippen molar-refractivity contribution < 1.29 is 18.7 Å². The zero-order valence-corrected chi connectivity index (χ0v) is 14.7. The first-order valence-electron chi connectivity index (χ1n) is 8.19. The smallest absolute Gasteiger partial charge is 0.242 e. The number of likely N-dealkylation sites (N-methyl/N-ethyl adjacent to an activating group) is 1. The number of aliphatic hydroxyl groups is 1. The van der Waals surface area contributed by atoms with Gasteiger partial charge in [0.05, 0.1) is 12.1 Å². The molecule has 2 aromatic rings. The number of hydrogen-bond acceptors (Lipinski definition) is 3. The third-order valence-corrected chi connectivity index (χ3v) is 4.17. The Labute approximate surface area is 151 Å². The lowest BCUT2D eigenvalue weighted by molar-refractivity contribution is -0.122. The molecule has 0 aromatic heterocycles. The van der Waals surface area contributed by atoms with E-state index in [4.69, 9.17) is 0 Å². The molecular weight excluding hydrogens is 338 g/mol. The van der Waals surface area contributed by atoms with Crippen molar-refractivity contribution in [2.75, 3.05) is 7.05 Å². The van der Waals surface area contributed by atoms with Gasteiger partial charge in [-0.2, -0.15) is 0 Å². The fourth-order valence-corrected chi connectivity index (χ4v) is 2.71. The number of amides is 1. The molecule has 0 spiro atoms. The predicted octanol–water partition coefficient (Wildman–Crippen LogP) is 2.70. The summed E-state index contributed by atoms with van der Waals surface area (Å²) in [6.07, 6.45) is -0.897. The molecule has 3 N–H and O–H groups in total. The van der Waals surface area contributed by atoms with Crippen LogP contribution in [0, 0.1) is 11.6 Å². The van der Waals surface area contributed by atoms with Crippen molar-refractivity contribution in [3.8, 4) is 0 Å². The summed E-state index contributed by atoms with van der Waals surface area (Å²) in [6, 6.07) is 10.8. The summed E-state index contributed by atoms with van der Waals surface area (Å²) in [5.74, 6) is -1.68. The average molecular weight is 360 g/mol. The van der Waals surface area contributed by atoms with E-state index in [0.29, 0.717) is 11.1 Å². The highest BCUT2D eigenvalue weighted by Gasteiger charge is 2.30. The van der Waals surface area contributed by atoms with Crippen molar-refractivity contribution in [2.24, 2.45) is 0 Å². The molecule has 0 aliphatic carbocycles. The lowest BCUT2D eigenvalue weighted by Gasteiger charge is -2.28. The molecule has 0 radical (unpaired) electrons. The molecule has 2 aromatic carbocycles. The van der Waals surface area contributed by atoms with E-state index in [1.807, 2.05) is 0 Å². The Balaban J connectivity index is 2.43. The zero-order chi connectivity index (χ0) is 19.3. The van der Waals surface area contributed by atoms with Crippen molar-refractivity contribution in [2.45, 2.75) is 25.0 Å². The lowest BCUT2D eigenvalue weighted by Crippen LogP contribution is -2.47. The quantitative estimate of drug-likeness (QED) is 0.711. The highest BCUT2D eigenvalue weighted by atomic mass is 19.1. The summed E-state index contributed by atoms with van der Waals surface area (Å²) in [7, 11) is 1.62. The maximum absolute atomic E-state index is 13.3. The Kier molecular flexibility index (Phi) is 6.60. The minimum Gasteiger partial charge on any atom is -0.387 e. The van der Waals surface area contributed by atoms with Gasteiger partial charge >= 0.3 is 0 Å². The van der Waals surface area contributed by atoms with Gasteiger partial charge in [0.25, 0.3) is 0 Å². The van der Waals surface area contributed by atoms with Gasteiger partial charge in [-0.3, -0.25) is 4.79 Å². The van der Waals surface area contributed by atoms with E-state index in [2.05, 4.69) is 17.2 Å². The highest BCUT2D eigenvalue weighted by Crippen LogP contribution is 2.29. The molecule has 2 atom stereocenters. The van der Waals surface area contributed by atoms with Crippen LogP contribution in [0.1, 0.15) is 24.0 Å². The summed E-state index contributed by atoms with van der Waals surface area (Å²) >= 11 is 0. The Bertz CT molecular complexity index is 713. The average Bonchev–Trinajstić information content (AvgIpc) is 2.61. The van der Waals surface area contributed by atoms with Gasteiger partial charge in [-0.15, -0.1) is 0 Å². The molecule has 0 bridgehead atoms. The van der Waals surface area contributed by atoms with Crippen LogP contribution in [0.25, 0.3) is 0 Å². The summed E-state index contributed by atoms with van der Waals surface area (Å²) < 4.78 is 26.6. The van der Waals surface area contributed by atoms with E-state index in [1.54, 1.807) is 31.3 Å². The normalized spacial score (nSPS) is 13.3. The fraction of sp³-hybridized carbons (Fsp3) is 0.250. The number of carbonyl (C=O) groups is 1. The van der Waals surface area contributed by atoms with Crippen LogP contribution in [0.2, 0.25) is 0 Å². The summed E-state index contributed by atoms with van der Waals surface area (Å²) in [4.78, 5) is 12.7. The van der Waals surface area contributed by atoms with Crippen LogP contribution in [-0.2, 0) is 4.79 Å². The molecular formula is C20H22F2N2O2. The van der Waals surface area contributed by atoms with Crippen LogP contribution in [0.5, 0.6) is 0 Å². The van der Waals surface area contributed by atoms with Crippen LogP contribution < -0.4 is 10.6 Å². The highest BCUT2D eigenvalue weighted by molar-refractivity contribution is 5.85. The third-order valence-electron chi connectivity index (χ3n) is 4.17. The first-order chi connectivity index (χ1) is 12.3. The number of hydrogen-bond donors (Lipinski definition) is 3. The summed E-state index contributed by atoms with van der Waals surface area (Å²) in [5, 5.41) is 15.1. The second kappa shape index (κ2) is 8.69. The van der Waals surface area contributed by atoms with Crippen LogP contribution in [0.15, 0.2) is 60.8 Å². The van der Waals surface area contributed by atoms with Crippen LogP contribution >= 0.6 is 0 Å². The molecule has 0 saturated carbocycles. The number of benzene rings is 2. The fourth-order valence-electron chi connectivity index (χ4n) is 2.71. The van der Waals surface area contributed by atoms with Gasteiger partial charge in [0.2, 0.25) is 5.91 Å². The van der Waals surface area contributed by atoms with E-state index in [0.717, 1.165) is 0 Å². The van der Waals surface area contributed by atoms with Crippen molar-refractivity contribution in [3.63, 3.8) is 0 Å². The van der Waals surface area contributed by atoms with Gasteiger partial charge in [-0.25, -0.2) is 8.78 Å². The number of halogens is 2. The molecule has 1 amide bonds. The number of rotatable bonds is 7. The first kappa shape index (κ1) is 19.8. The number of carbonyl (C=O) groups excluding carboxylic acids is 1. The lowest BCUT2D eigenvalue weighted by atomic mass is 9.84. The van der Waals surface area contributed by atoms with E-state index < -0.39 is 24.0 Å². The largest absolute Gasteiger partial charge is 0.387 e. The monoisotopic (exact) mass is 360 g/mol. The van der Waals surface area contributed by atoms with Crippen molar-refractivity contribution in [1.29, 1.82) is 0 Å². The van der Waals surface area contributed by atoms with Crippen molar-refractivity contribution in [3.05, 3.63) is 83.6 Å².